The molecule has 13 N–H and O–H groups in total. The number of hydrogen-bond acceptors (Lipinski definition) is 14. The molecule has 0 aromatic carbocycles. The van der Waals surface area contributed by atoms with Crippen molar-refractivity contribution in [3.8, 4) is 0 Å². The average Bonchev–Trinajstić information content (AvgIpc) is 3.42. The van der Waals surface area contributed by atoms with E-state index in [0.717, 1.165) is 51.4 Å². The molecule has 24 heteroatoms. The zero-order chi connectivity index (χ0) is 61.7. The smallest absolute Gasteiger partial charge is 0.463 e. The van der Waals surface area contributed by atoms with Gasteiger partial charge in [0, 0.05) is 6.42 Å². The molecule has 0 aromatic rings. The SMILES string of the molecule is C.CCCCCCCCCCCCC/C=C\[C@@H](O)[C@@H](N)COP(=O)(O)O.CCCCCCCCCCCCCCCCCC(=O)OC[C@@H](O)COP(=O)(O)O.CCCCCCCCCCCCCCC[C@@H](O)[C@@H](N)COP(=O)(O)O.P=S. The molecule has 0 saturated carbocycles. The van der Waals surface area contributed by atoms with E-state index >= 15 is 0 Å². The highest BCUT2D eigenvalue weighted by molar-refractivity contribution is 7.88. The first-order valence-electron chi connectivity index (χ1n) is 31.3. The number of aliphatic hydroxyl groups is 3. The van der Waals surface area contributed by atoms with Gasteiger partial charge in [-0.15, -0.1) is 0 Å². The van der Waals surface area contributed by atoms with Crippen LogP contribution in [0.4, 0.5) is 0 Å². The minimum Gasteiger partial charge on any atom is -0.463 e. The standard InChI is InChI=1S/C21H43O7P.C18H40NO5P.C18H38NO5P.CH4.HPS/c1-2-3-4-5-6-7-8-9-10-11-12-13-14-15-16-17-21(23)27-18-20(22)19-28-29(24,25)26;2*1-2-3-4-5-6-7-8-9-10-11-12-13-14-15-18(20)17(19)16-24-25(21,22)23;;1-2/h20,22H,2-19H2,1H3,(H2,24,25,26);17-18,20H,2-16,19H2,1H3,(H2,21,22,23);14-15,17-18,20H,2-13,16,19H2,1H3,(H2,21,22,23);1H4;1H/b;;15-14-;;/t20-;2*17-,18+;;/m100../s1. The lowest BCUT2D eigenvalue weighted by molar-refractivity contribution is -0.147. The summed E-state index contributed by atoms with van der Waals surface area (Å²) in [6.45, 7) is 5.13. The van der Waals surface area contributed by atoms with Crippen LogP contribution >= 0.6 is 31.5 Å². The first-order chi connectivity index (χ1) is 38.6. The second kappa shape index (κ2) is 66.8. The topological polar surface area (TPSA) is 339 Å². The first kappa shape index (κ1) is 90.6. The molecule has 5 atom stereocenters. The molecule has 0 aliphatic heterocycles. The Kier molecular flexibility index (Phi) is 73.8. The van der Waals surface area contributed by atoms with Gasteiger partial charge in [-0.25, -0.2) is 13.7 Å². The second-order valence-corrected chi connectivity index (χ2v) is 25.3. The molecule has 19 nitrogen and oxygen atoms in total. The fourth-order valence-electron chi connectivity index (χ4n) is 8.60. The zero-order valence-electron chi connectivity index (χ0n) is 50.8. The van der Waals surface area contributed by atoms with Crippen molar-refractivity contribution in [2.24, 2.45) is 11.5 Å². The van der Waals surface area contributed by atoms with Crippen LogP contribution in [-0.4, -0.2) is 107 Å². The van der Waals surface area contributed by atoms with Crippen molar-refractivity contribution in [1.29, 1.82) is 0 Å². The molecule has 0 rings (SSSR count). The summed E-state index contributed by atoms with van der Waals surface area (Å²) in [5, 5.41) is 29.0. The molecule has 0 radical (unpaired) electrons. The minimum atomic E-state index is -4.61. The van der Waals surface area contributed by atoms with Crippen molar-refractivity contribution in [3.05, 3.63) is 12.2 Å². The summed E-state index contributed by atoms with van der Waals surface area (Å²) in [5.41, 5.74) is 11.3. The summed E-state index contributed by atoms with van der Waals surface area (Å²) in [5.74, 6) is -0.407. The molecule has 0 fully saturated rings. The van der Waals surface area contributed by atoms with Gasteiger partial charge in [0.15, 0.2) is 0 Å². The third-order valence-electron chi connectivity index (χ3n) is 13.6. The van der Waals surface area contributed by atoms with Crippen molar-refractivity contribution < 1.29 is 81.5 Å². The predicted molar refractivity (Wildman–Crippen MR) is 341 cm³/mol. The Morgan fingerprint density at radius 1 is 0.439 bits per heavy atom. The highest BCUT2D eigenvalue weighted by Gasteiger charge is 2.22. The molecule has 0 aromatic heterocycles. The van der Waals surface area contributed by atoms with Crippen LogP contribution in [0.1, 0.15) is 298 Å². The molecule has 0 bridgehead atoms. The van der Waals surface area contributed by atoms with E-state index < -0.39 is 66.4 Å². The lowest BCUT2D eigenvalue weighted by atomic mass is 10.0. The zero-order valence-corrected chi connectivity index (χ0v) is 55.3. The van der Waals surface area contributed by atoms with Crippen molar-refractivity contribution in [3.63, 3.8) is 0 Å². The summed E-state index contributed by atoms with van der Waals surface area (Å²) in [4.78, 5) is 62.9. The summed E-state index contributed by atoms with van der Waals surface area (Å²) in [7, 11) is -11.1. The fraction of sp³-hybridized carbons (Fsp3) is 0.948. The van der Waals surface area contributed by atoms with Crippen LogP contribution in [0.25, 0.3) is 0 Å². The Hall–Kier alpha value is -0.140. The van der Waals surface area contributed by atoms with Crippen LogP contribution in [0.5, 0.6) is 0 Å². The maximum atomic E-state index is 11.6. The van der Waals surface area contributed by atoms with Gasteiger partial charge in [-0.2, -0.15) is 0 Å². The highest BCUT2D eigenvalue weighted by atomic mass is 32.4. The van der Waals surface area contributed by atoms with Gasteiger partial charge < -0.3 is 60.9 Å². The number of phosphoric ester groups is 3. The summed E-state index contributed by atoms with van der Waals surface area (Å²) >= 11 is 3.89. The van der Waals surface area contributed by atoms with Gasteiger partial charge in [0.05, 0.1) is 44.1 Å². The fourth-order valence-corrected chi connectivity index (χ4v) is 9.70. The molecule has 0 unspecified atom stereocenters. The lowest BCUT2D eigenvalue weighted by Gasteiger charge is -2.18. The molecular formula is C58H126N2O17P4S. The number of nitrogens with two attached hydrogens (primary N) is 2. The van der Waals surface area contributed by atoms with Crippen molar-refractivity contribution in [2.45, 2.75) is 328 Å². The Morgan fingerprint density at radius 3 is 1.05 bits per heavy atom. The number of phosphoric acid groups is 3. The number of aliphatic hydroxyl groups excluding tert-OH is 3. The molecule has 82 heavy (non-hydrogen) atoms. The maximum Gasteiger partial charge on any atom is 0.469 e. The van der Waals surface area contributed by atoms with E-state index in [4.69, 9.17) is 45.6 Å². The van der Waals surface area contributed by atoms with Crippen LogP contribution in [0.15, 0.2) is 12.2 Å². The van der Waals surface area contributed by atoms with Crippen LogP contribution in [-0.2, 0) is 48.6 Å². The first-order valence-corrected chi connectivity index (χ1v) is 37.5. The van der Waals surface area contributed by atoms with E-state index in [2.05, 4.69) is 54.2 Å². The molecule has 0 aliphatic carbocycles. The third-order valence-corrected chi connectivity index (χ3v) is 15.0. The van der Waals surface area contributed by atoms with Gasteiger partial charge in [0.1, 0.15) is 12.7 Å². The molecule has 0 heterocycles. The Morgan fingerprint density at radius 2 is 0.720 bits per heavy atom. The Balaban J connectivity index is -0.000000355. The molecule has 0 aliphatic rings. The summed E-state index contributed by atoms with van der Waals surface area (Å²) in [6.07, 6.45) is 51.9. The maximum absolute atomic E-state index is 11.6. The number of hydrogen-bond donors (Lipinski definition) is 11. The van der Waals surface area contributed by atoms with Gasteiger partial charge >= 0.3 is 29.4 Å². The molecular weight excluding hydrogens is 1150 g/mol. The Bertz CT molecular complexity index is 1500. The van der Waals surface area contributed by atoms with E-state index in [0.29, 0.717) is 12.8 Å². The van der Waals surface area contributed by atoms with Crippen LogP contribution < -0.4 is 11.5 Å². The minimum absolute atomic E-state index is 0. The van der Waals surface area contributed by atoms with E-state index in [9.17, 15) is 33.8 Å². The van der Waals surface area contributed by atoms with Gasteiger partial charge in [-0.05, 0) is 33.7 Å². The number of esters is 1. The molecule has 0 spiro atoms. The van der Waals surface area contributed by atoms with Crippen molar-refractivity contribution >= 4 is 49.3 Å². The van der Waals surface area contributed by atoms with Gasteiger partial charge in [-0.1, -0.05) is 290 Å². The third kappa shape index (κ3) is 81.9. The van der Waals surface area contributed by atoms with Crippen LogP contribution in [0.3, 0.4) is 0 Å². The van der Waals surface area contributed by atoms with Crippen LogP contribution in [0, 0.1) is 0 Å². The molecule has 0 saturated heterocycles. The predicted octanol–water partition coefficient (Wildman–Crippen LogP) is 14.8. The van der Waals surface area contributed by atoms with E-state index in [1.807, 2.05) is 6.08 Å². The summed E-state index contributed by atoms with van der Waals surface area (Å²) in [6, 6.07) is -1.61. The molecule has 496 valence electrons. The highest BCUT2D eigenvalue weighted by Crippen LogP contribution is 2.37. The van der Waals surface area contributed by atoms with Gasteiger partial charge in [-0.3, -0.25) is 18.4 Å². The van der Waals surface area contributed by atoms with Gasteiger partial charge in [0.25, 0.3) is 0 Å². The van der Waals surface area contributed by atoms with Crippen molar-refractivity contribution in [1.82, 2.24) is 0 Å². The van der Waals surface area contributed by atoms with Gasteiger partial charge in [0.2, 0.25) is 0 Å². The normalized spacial score (nSPS) is 13.6. The molecule has 0 amide bonds. The second-order valence-electron chi connectivity index (χ2n) is 21.6. The number of carbonyl (C=O) groups is 1. The number of ether oxygens (including phenoxy) is 1. The monoisotopic (exact) mass is 1280 g/mol. The quantitative estimate of drug-likeness (QED) is 0.0117. The Labute approximate surface area is 506 Å². The number of unbranched alkanes of at least 4 members (excludes halogenated alkanes) is 37. The van der Waals surface area contributed by atoms with E-state index in [1.165, 1.54) is 205 Å². The summed E-state index contributed by atoms with van der Waals surface area (Å²) < 4.78 is 49.2. The number of rotatable bonds is 56. The van der Waals surface area contributed by atoms with Crippen molar-refractivity contribution in [2.75, 3.05) is 26.4 Å². The van der Waals surface area contributed by atoms with E-state index in [1.54, 1.807) is 6.08 Å². The largest absolute Gasteiger partial charge is 0.469 e. The average molecular weight is 1280 g/mol. The number of carbonyl (C=O) groups excluding carboxylic acids is 1. The van der Waals surface area contributed by atoms with Crippen LogP contribution in [0.2, 0.25) is 0 Å². The number of allylic oxidation sites excluding steroid dienone is 1. The van der Waals surface area contributed by atoms with E-state index in [-0.39, 0.29) is 27.2 Å². The lowest BCUT2D eigenvalue weighted by Crippen LogP contribution is -2.38.